The van der Waals surface area contributed by atoms with Gasteiger partial charge in [0.15, 0.2) is 0 Å². The summed E-state index contributed by atoms with van der Waals surface area (Å²) in [6.45, 7) is 4.54. The van der Waals surface area contributed by atoms with Crippen molar-refractivity contribution in [2.75, 3.05) is 11.5 Å². The molecular formula is C31H31N3O7. The molecule has 2 N–H and O–H groups in total. The van der Waals surface area contributed by atoms with E-state index in [-0.39, 0.29) is 12.1 Å². The molecule has 0 aromatic heterocycles. The van der Waals surface area contributed by atoms with Crippen LogP contribution >= 0.6 is 0 Å². The van der Waals surface area contributed by atoms with Gasteiger partial charge in [0.25, 0.3) is 5.69 Å². The number of carboxylic acid groups (broad SMARTS) is 1. The summed E-state index contributed by atoms with van der Waals surface area (Å²) in [5.41, 5.74) is 0.597. The molecule has 2 aliphatic rings. The Balaban J connectivity index is 1.58. The number of hydrogen-bond acceptors (Lipinski definition) is 7. The average molecular weight is 558 g/mol. The number of nitrogens with one attached hydrogen (secondary N) is 1. The zero-order valence-corrected chi connectivity index (χ0v) is 22.8. The summed E-state index contributed by atoms with van der Waals surface area (Å²) in [6, 6.07) is 19.0. The molecule has 2 aliphatic heterocycles. The maximum absolute atomic E-state index is 14.0. The minimum atomic E-state index is -1.84. The fourth-order valence-corrected chi connectivity index (χ4v) is 5.91. The van der Waals surface area contributed by atoms with Crippen LogP contribution in [0.25, 0.3) is 0 Å². The van der Waals surface area contributed by atoms with Crippen LogP contribution in [0.1, 0.15) is 43.0 Å². The van der Waals surface area contributed by atoms with E-state index < -0.39 is 46.1 Å². The SMILES string of the molecule is CCCOc1ccc(C2NC(Cc3ccc([N+](=O)[O-])cc3)(C(=O)O)C3C(=O)N(c4ccc(CC)cc4)C(=O)C23)cc1. The third-order valence-electron chi connectivity index (χ3n) is 7.98. The molecule has 0 spiro atoms. The number of nitro benzene ring substituents is 1. The quantitative estimate of drug-likeness (QED) is 0.212. The van der Waals surface area contributed by atoms with E-state index in [0.29, 0.717) is 29.2 Å². The first-order chi connectivity index (χ1) is 19.7. The molecule has 0 bridgehead atoms. The first-order valence-electron chi connectivity index (χ1n) is 13.6. The number of non-ortho nitro benzene ring substituents is 1. The van der Waals surface area contributed by atoms with Crippen LogP contribution in [0, 0.1) is 22.0 Å². The van der Waals surface area contributed by atoms with Gasteiger partial charge >= 0.3 is 5.97 Å². The Kier molecular flexibility index (Phi) is 7.59. The Labute approximate surface area is 237 Å². The Hall–Kier alpha value is -4.57. The van der Waals surface area contributed by atoms with E-state index in [4.69, 9.17) is 4.74 Å². The number of hydrogen-bond donors (Lipinski definition) is 2. The number of anilines is 1. The molecule has 2 amide bonds. The number of carboxylic acids is 1. The van der Waals surface area contributed by atoms with Crippen LogP contribution in [-0.4, -0.2) is 40.0 Å². The third-order valence-corrected chi connectivity index (χ3v) is 7.98. The number of amides is 2. The first kappa shape index (κ1) is 28.0. The number of ether oxygens (including phenoxy) is 1. The van der Waals surface area contributed by atoms with Gasteiger partial charge in [-0.1, -0.05) is 50.2 Å². The minimum Gasteiger partial charge on any atom is -0.494 e. The maximum atomic E-state index is 14.0. The number of aliphatic carboxylic acids is 1. The molecule has 10 nitrogen and oxygen atoms in total. The predicted octanol–water partition coefficient (Wildman–Crippen LogP) is 4.46. The van der Waals surface area contributed by atoms with Crippen LogP contribution in [0.2, 0.25) is 0 Å². The van der Waals surface area contributed by atoms with Crippen LogP contribution < -0.4 is 15.0 Å². The highest BCUT2D eigenvalue weighted by Crippen LogP contribution is 2.51. The maximum Gasteiger partial charge on any atom is 0.325 e. The Bertz CT molecular complexity index is 1470. The van der Waals surface area contributed by atoms with Crippen LogP contribution in [0.3, 0.4) is 0 Å². The zero-order valence-electron chi connectivity index (χ0n) is 22.8. The van der Waals surface area contributed by atoms with Crippen LogP contribution in [0.5, 0.6) is 5.75 Å². The van der Waals surface area contributed by atoms with Crippen LogP contribution in [0.4, 0.5) is 11.4 Å². The molecule has 212 valence electrons. The Morgan fingerprint density at radius 1 is 0.976 bits per heavy atom. The Morgan fingerprint density at radius 2 is 1.61 bits per heavy atom. The molecule has 4 atom stereocenters. The number of aryl methyl sites for hydroxylation is 1. The van der Waals surface area contributed by atoms with Gasteiger partial charge < -0.3 is 9.84 Å². The third kappa shape index (κ3) is 4.95. The number of nitrogens with zero attached hydrogens (tertiary/aromatic N) is 2. The second-order valence-corrected chi connectivity index (χ2v) is 10.5. The van der Waals surface area contributed by atoms with Crippen molar-refractivity contribution in [1.82, 2.24) is 5.32 Å². The number of benzene rings is 3. The van der Waals surface area contributed by atoms with E-state index in [1.807, 2.05) is 26.0 Å². The molecule has 2 heterocycles. The lowest BCUT2D eigenvalue weighted by Gasteiger charge is -2.31. The highest BCUT2D eigenvalue weighted by atomic mass is 16.6. The van der Waals surface area contributed by atoms with Gasteiger partial charge in [-0.05, 0) is 53.8 Å². The van der Waals surface area contributed by atoms with Crippen molar-refractivity contribution in [1.29, 1.82) is 0 Å². The molecule has 5 rings (SSSR count). The van der Waals surface area contributed by atoms with Crippen molar-refractivity contribution in [3.63, 3.8) is 0 Å². The minimum absolute atomic E-state index is 0.132. The summed E-state index contributed by atoms with van der Waals surface area (Å²) in [4.78, 5) is 52.9. The van der Waals surface area contributed by atoms with E-state index in [1.54, 1.807) is 36.4 Å². The number of carbonyl (C=O) groups is 3. The topological polar surface area (TPSA) is 139 Å². The standard InChI is InChI=1S/C31H31N3O7/c1-3-17-41-24-15-9-21(10-16-24)27-25-26(29(36)33(28(25)35)22-11-5-19(4-2)6-12-22)31(32-27,30(37)38)18-20-7-13-23(14-8-20)34(39)40/h5-16,25-27,32H,3-4,17-18H2,1-2H3,(H,37,38). The Morgan fingerprint density at radius 3 is 2.17 bits per heavy atom. The summed E-state index contributed by atoms with van der Waals surface area (Å²) in [6.07, 6.45) is 1.47. The average Bonchev–Trinajstić information content (AvgIpc) is 3.46. The van der Waals surface area contributed by atoms with Crippen molar-refractivity contribution in [2.45, 2.75) is 44.7 Å². The smallest absolute Gasteiger partial charge is 0.325 e. The molecule has 3 aromatic carbocycles. The summed E-state index contributed by atoms with van der Waals surface area (Å²) >= 11 is 0. The van der Waals surface area contributed by atoms with E-state index in [9.17, 15) is 29.6 Å². The highest BCUT2D eigenvalue weighted by Gasteiger charge is 2.68. The lowest BCUT2D eigenvalue weighted by molar-refractivity contribution is -0.384. The highest BCUT2D eigenvalue weighted by molar-refractivity contribution is 6.24. The number of imide groups is 1. The largest absolute Gasteiger partial charge is 0.494 e. The molecule has 0 aliphatic carbocycles. The molecule has 2 saturated heterocycles. The van der Waals surface area contributed by atoms with Gasteiger partial charge in [0.2, 0.25) is 11.8 Å². The van der Waals surface area contributed by atoms with Crippen molar-refractivity contribution in [3.05, 3.63) is 99.6 Å². The molecule has 3 aromatic rings. The van der Waals surface area contributed by atoms with Crippen LogP contribution in [0.15, 0.2) is 72.8 Å². The van der Waals surface area contributed by atoms with Crippen molar-refractivity contribution in [3.8, 4) is 5.75 Å². The summed E-state index contributed by atoms with van der Waals surface area (Å²) in [5.74, 6) is -3.89. The predicted molar refractivity (Wildman–Crippen MR) is 151 cm³/mol. The van der Waals surface area contributed by atoms with Gasteiger partial charge in [-0.25, -0.2) is 4.90 Å². The lowest BCUT2D eigenvalue weighted by Crippen LogP contribution is -2.57. The van der Waals surface area contributed by atoms with E-state index in [1.165, 1.54) is 24.3 Å². The van der Waals surface area contributed by atoms with Gasteiger partial charge in [0.1, 0.15) is 11.3 Å². The van der Waals surface area contributed by atoms with Gasteiger partial charge in [-0.15, -0.1) is 0 Å². The second kappa shape index (κ2) is 11.1. The summed E-state index contributed by atoms with van der Waals surface area (Å²) in [5, 5.41) is 25.0. The fraction of sp³-hybridized carbons (Fsp3) is 0.323. The molecule has 0 radical (unpaired) electrons. The van der Waals surface area contributed by atoms with Crippen LogP contribution in [-0.2, 0) is 27.2 Å². The molecule has 41 heavy (non-hydrogen) atoms. The number of rotatable bonds is 10. The van der Waals surface area contributed by atoms with Gasteiger partial charge in [0.05, 0.1) is 29.1 Å². The number of carbonyl (C=O) groups excluding carboxylic acids is 2. The van der Waals surface area contributed by atoms with Gasteiger partial charge in [0, 0.05) is 24.6 Å². The first-order valence-corrected chi connectivity index (χ1v) is 13.6. The number of nitro groups is 1. The summed E-state index contributed by atoms with van der Waals surface area (Å²) < 4.78 is 5.68. The second-order valence-electron chi connectivity index (χ2n) is 10.5. The molecule has 10 heteroatoms. The molecule has 0 saturated carbocycles. The van der Waals surface area contributed by atoms with Gasteiger partial charge in [-0.2, -0.15) is 0 Å². The number of fused-ring (bicyclic) bond motifs is 1. The molecule has 4 unspecified atom stereocenters. The van der Waals surface area contributed by atoms with Crippen molar-refractivity contribution < 1.29 is 29.2 Å². The lowest BCUT2D eigenvalue weighted by atomic mass is 9.76. The van der Waals surface area contributed by atoms with E-state index >= 15 is 0 Å². The summed E-state index contributed by atoms with van der Waals surface area (Å²) in [7, 11) is 0. The zero-order chi connectivity index (χ0) is 29.3. The van der Waals surface area contributed by atoms with E-state index in [2.05, 4.69) is 5.32 Å². The van der Waals surface area contributed by atoms with E-state index in [0.717, 1.165) is 23.3 Å². The van der Waals surface area contributed by atoms with Crippen molar-refractivity contribution >= 4 is 29.2 Å². The molecule has 2 fully saturated rings. The fourth-order valence-electron chi connectivity index (χ4n) is 5.91. The monoisotopic (exact) mass is 557 g/mol. The molecular weight excluding hydrogens is 526 g/mol. The normalized spacial score (nSPS) is 23.5. The van der Waals surface area contributed by atoms with Gasteiger partial charge in [-0.3, -0.25) is 29.8 Å². The van der Waals surface area contributed by atoms with Crippen molar-refractivity contribution in [2.24, 2.45) is 11.8 Å².